The van der Waals surface area contributed by atoms with Crippen LogP contribution in [0.1, 0.15) is 19.8 Å². The minimum absolute atomic E-state index is 0.210. The first kappa shape index (κ1) is 17.5. The van der Waals surface area contributed by atoms with Crippen LogP contribution in [-0.2, 0) is 4.79 Å². The Balaban J connectivity index is 1.58. The Labute approximate surface area is 161 Å². The van der Waals surface area contributed by atoms with Crippen molar-refractivity contribution < 1.29 is 4.79 Å². The Morgan fingerprint density at radius 3 is 2.96 bits per heavy atom. The Kier molecular flexibility index (Phi) is 5.22. The highest BCUT2D eigenvalue weighted by molar-refractivity contribution is 8.00. The van der Waals surface area contributed by atoms with Crippen molar-refractivity contribution in [2.45, 2.75) is 24.8 Å². The van der Waals surface area contributed by atoms with Gasteiger partial charge < -0.3 is 4.90 Å². The molecule has 1 fully saturated rings. The van der Waals surface area contributed by atoms with Crippen LogP contribution in [0.4, 0.5) is 0 Å². The van der Waals surface area contributed by atoms with Gasteiger partial charge in [0.1, 0.15) is 5.03 Å². The number of piperidine rings is 1. The molecule has 0 aliphatic carbocycles. The maximum absolute atomic E-state index is 12.6. The number of carbonyl (C=O) groups excluding carboxylic acids is 1. The molecule has 0 saturated carbocycles. The highest BCUT2D eigenvalue weighted by atomic mass is 32.2. The Morgan fingerprint density at radius 1 is 1.27 bits per heavy atom. The molecule has 134 valence electrons. The van der Waals surface area contributed by atoms with Gasteiger partial charge in [0.15, 0.2) is 5.82 Å². The predicted octanol–water partition coefficient (Wildman–Crippen LogP) is 4.71. The van der Waals surface area contributed by atoms with Crippen molar-refractivity contribution in [2.24, 2.45) is 5.92 Å². The molecule has 2 aromatic heterocycles. The predicted molar refractivity (Wildman–Crippen MR) is 109 cm³/mol. The van der Waals surface area contributed by atoms with E-state index in [1.54, 1.807) is 11.3 Å². The highest BCUT2D eigenvalue weighted by Gasteiger charge is 2.21. The summed E-state index contributed by atoms with van der Waals surface area (Å²) in [5.41, 5.74) is 0.924. The van der Waals surface area contributed by atoms with Gasteiger partial charge in [-0.05, 0) is 36.3 Å². The number of para-hydroxylation sites is 1. The van der Waals surface area contributed by atoms with Gasteiger partial charge in [0, 0.05) is 18.5 Å². The van der Waals surface area contributed by atoms with Gasteiger partial charge in [-0.3, -0.25) is 4.79 Å². The molecule has 3 aromatic rings. The van der Waals surface area contributed by atoms with Crippen LogP contribution in [0.5, 0.6) is 0 Å². The number of aromatic nitrogens is 2. The fourth-order valence-corrected chi connectivity index (χ4v) is 4.89. The number of thioether (sulfide) groups is 1. The van der Waals surface area contributed by atoms with E-state index in [0.717, 1.165) is 46.1 Å². The largest absolute Gasteiger partial charge is 0.342 e. The van der Waals surface area contributed by atoms with Gasteiger partial charge >= 0.3 is 0 Å². The lowest BCUT2D eigenvalue weighted by molar-refractivity contribution is -0.130. The molecule has 1 aliphatic rings. The summed E-state index contributed by atoms with van der Waals surface area (Å²) >= 11 is 3.16. The van der Waals surface area contributed by atoms with Gasteiger partial charge in [-0.2, -0.15) is 0 Å². The van der Waals surface area contributed by atoms with E-state index in [9.17, 15) is 4.79 Å². The van der Waals surface area contributed by atoms with E-state index in [1.165, 1.54) is 18.2 Å². The average molecular weight is 384 g/mol. The molecule has 1 aromatic carbocycles. The zero-order valence-corrected chi connectivity index (χ0v) is 16.4. The number of hydrogen-bond acceptors (Lipinski definition) is 5. The molecule has 1 amide bonds. The van der Waals surface area contributed by atoms with E-state index in [-0.39, 0.29) is 5.91 Å². The van der Waals surface area contributed by atoms with E-state index in [2.05, 4.69) is 6.92 Å². The number of likely N-dealkylation sites (tertiary alicyclic amines) is 1. The summed E-state index contributed by atoms with van der Waals surface area (Å²) in [5, 5.41) is 3.93. The lowest BCUT2D eigenvalue weighted by Gasteiger charge is -2.30. The minimum atomic E-state index is 0.210. The molecule has 0 radical (unpaired) electrons. The lowest BCUT2D eigenvalue weighted by Crippen LogP contribution is -2.40. The summed E-state index contributed by atoms with van der Waals surface area (Å²) in [7, 11) is 0. The van der Waals surface area contributed by atoms with Crippen LogP contribution in [0.25, 0.3) is 21.6 Å². The summed E-state index contributed by atoms with van der Waals surface area (Å²) in [4.78, 5) is 25.1. The monoisotopic (exact) mass is 383 g/mol. The number of amides is 1. The summed E-state index contributed by atoms with van der Waals surface area (Å²) in [6.07, 6.45) is 2.33. The number of carbonyl (C=O) groups is 1. The van der Waals surface area contributed by atoms with Crippen molar-refractivity contribution in [3.8, 4) is 10.7 Å². The quantitative estimate of drug-likeness (QED) is 0.483. The molecule has 4 rings (SSSR count). The lowest BCUT2D eigenvalue weighted by atomic mass is 10.0. The zero-order valence-electron chi connectivity index (χ0n) is 14.7. The number of rotatable bonds is 4. The summed E-state index contributed by atoms with van der Waals surface area (Å²) < 4.78 is 0. The van der Waals surface area contributed by atoms with E-state index >= 15 is 0 Å². The second-order valence-corrected chi connectivity index (χ2v) is 8.63. The van der Waals surface area contributed by atoms with Crippen LogP contribution in [0.15, 0.2) is 46.8 Å². The summed E-state index contributed by atoms with van der Waals surface area (Å²) in [6.45, 7) is 3.98. The molecule has 4 nitrogen and oxygen atoms in total. The standard InChI is InChI=1S/C20H21N3OS2/c1-14-6-4-10-23(12-14)18(24)13-26-20-15-7-2-3-8-16(15)21-19(22-20)17-9-5-11-25-17/h2-3,5,7-9,11,14H,4,6,10,12-13H2,1H3/t14-/m0/s1. The van der Waals surface area contributed by atoms with Gasteiger partial charge in [0.2, 0.25) is 5.91 Å². The Morgan fingerprint density at radius 2 is 2.15 bits per heavy atom. The van der Waals surface area contributed by atoms with Crippen molar-refractivity contribution >= 4 is 39.9 Å². The van der Waals surface area contributed by atoms with E-state index < -0.39 is 0 Å². The third kappa shape index (κ3) is 3.76. The Bertz CT molecular complexity index is 911. The van der Waals surface area contributed by atoms with Crippen molar-refractivity contribution in [1.82, 2.24) is 14.9 Å². The number of benzene rings is 1. The van der Waals surface area contributed by atoms with Crippen LogP contribution < -0.4 is 0 Å². The maximum Gasteiger partial charge on any atom is 0.232 e. The first-order chi connectivity index (χ1) is 12.7. The van der Waals surface area contributed by atoms with Crippen molar-refractivity contribution in [2.75, 3.05) is 18.8 Å². The van der Waals surface area contributed by atoms with Gasteiger partial charge in [0.05, 0.1) is 16.1 Å². The van der Waals surface area contributed by atoms with Crippen molar-refractivity contribution in [3.63, 3.8) is 0 Å². The SMILES string of the molecule is C[C@H]1CCCN(C(=O)CSc2nc(-c3cccs3)nc3ccccc23)C1. The van der Waals surface area contributed by atoms with E-state index in [1.807, 2.05) is 46.7 Å². The molecule has 1 atom stereocenters. The van der Waals surface area contributed by atoms with Crippen LogP contribution in [0, 0.1) is 5.92 Å². The normalized spacial score (nSPS) is 17.6. The number of hydrogen-bond donors (Lipinski definition) is 0. The van der Waals surface area contributed by atoms with E-state index in [0.29, 0.717) is 11.7 Å². The van der Waals surface area contributed by atoms with Gasteiger partial charge in [-0.25, -0.2) is 9.97 Å². The van der Waals surface area contributed by atoms with Crippen molar-refractivity contribution in [1.29, 1.82) is 0 Å². The fraction of sp³-hybridized carbons (Fsp3) is 0.350. The molecule has 26 heavy (non-hydrogen) atoms. The van der Waals surface area contributed by atoms with Crippen LogP contribution in [0.2, 0.25) is 0 Å². The van der Waals surface area contributed by atoms with Crippen molar-refractivity contribution in [3.05, 3.63) is 41.8 Å². The topological polar surface area (TPSA) is 46.1 Å². The number of fused-ring (bicyclic) bond motifs is 1. The third-order valence-corrected chi connectivity index (χ3v) is 6.49. The molecule has 1 aliphatic heterocycles. The van der Waals surface area contributed by atoms with Crippen LogP contribution >= 0.6 is 23.1 Å². The minimum Gasteiger partial charge on any atom is -0.342 e. The van der Waals surface area contributed by atoms with Gasteiger partial charge in [-0.1, -0.05) is 43.0 Å². The molecule has 0 N–H and O–H groups in total. The summed E-state index contributed by atoms with van der Waals surface area (Å²) in [5.74, 6) is 1.97. The summed E-state index contributed by atoms with van der Waals surface area (Å²) in [6, 6.07) is 12.1. The highest BCUT2D eigenvalue weighted by Crippen LogP contribution is 2.30. The molecular weight excluding hydrogens is 362 g/mol. The van der Waals surface area contributed by atoms with Gasteiger partial charge in [0.25, 0.3) is 0 Å². The molecule has 0 bridgehead atoms. The second-order valence-electron chi connectivity index (χ2n) is 6.72. The Hall–Kier alpha value is -1.92. The molecule has 6 heteroatoms. The smallest absolute Gasteiger partial charge is 0.232 e. The van der Waals surface area contributed by atoms with Crippen LogP contribution in [-0.4, -0.2) is 39.6 Å². The number of thiophene rings is 1. The fourth-order valence-electron chi connectivity index (χ4n) is 3.31. The maximum atomic E-state index is 12.6. The van der Waals surface area contributed by atoms with E-state index in [4.69, 9.17) is 9.97 Å². The third-order valence-electron chi connectivity index (χ3n) is 4.65. The van der Waals surface area contributed by atoms with Gasteiger partial charge in [-0.15, -0.1) is 11.3 Å². The molecule has 1 saturated heterocycles. The first-order valence-corrected chi connectivity index (χ1v) is 10.8. The number of nitrogens with zero attached hydrogens (tertiary/aromatic N) is 3. The molecule has 0 unspecified atom stereocenters. The molecule has 0 spiro atoms. The first-order valence-electron chi connectivity index (χ1n) is 8.92. The zero-order chi connectivity index (χ0) is 17.9. The van der Waals surface area contributed by atoms with Crippen LogP contribution in [0.3, 0.4) is 0 Å². The average Bonchev–Trinajstić information content (AvgIpc) is 3.20. The molecule has 3 heterocycles. The second kappa shape index (κ2) is 7.76. The molecular formula is C20H21N3OS2.